The van der Waals surface area contributed by atoms with E-state index in [1.54, 1.807) is 0 Å². The van der Waals surface area contributed by atoms with Crippen molar-refractivity contribution >= 4 is 0 Å². The Morgan fingerprint density at radius 3 is 2.71 bits per heavy atom. The summed E-state index contributed by atoms with van der Waals surface area (Å²) >= 11 is 0. The third-order valence-corrected chi connectivity index (χ3v) is 3.63. The molecule has 1 aliphatic carbocycles. The Morgan fingerprint density at radius 2 is 2.21 bits per heavy atom. The quantitative estimate of drug-likeness (QED) is 0.727. The van der Waals surface area contributed by atoms with Crippen molar-refractivity contribution in [1.82, 2.24) is 4.90 Å². The molecule has 0 aromatic carbocycles. The van der Waals surface area contributed by atoms with E-state index in [-0.39, 0.29) is 0 Å². The van der Waals surface area contributed by atoms with E-state index in [1.807, 2.05) is 0 Å². The van der Waals surface area contributed by atoms with Crippen LogP contribution in [0.4, 0.5) is 0 Å². The highest BCUT2D eigenvalue weighted by molar-refractivity contribution is 4.90. The largest absolute Gasteiger partial charge is 0.381 e. The van der Waals surface area contributed by atoms with Gasteiger partial charge >= 0.3 is 0 Å². The molecule has 1 saturated carbocycles. The van der Waals surface area contributed by atoms with Gasteiger partial charge in [0.25, 0.3) is 0 Å². The first-order chi connectivity index (χ1) is 6.83. The molecule has 82 valence electrons. The van der Waals surface area contributed by atoms with Gasteiger partial charge in [0.15, 0.2) is 0 Å². The molecule has 0 amide bonds. The van der Waals surface area contributed by atoms with Gasteiger partial charge in [-0.25, -0.2) is 0 Å². The number of nitrogens with two attached hydrogens (primary N) is 1. The predicted molar refractivity (Wildman–Crippen MR) is 57.2 cm³/mol. The van der Waals surface area contributed by atoms with E-state index in [9.17, 15) is 0 Å². The predicted octanol–water partition coefficient (Wildman–Crippen LogP) is 0.834. The fourth-order valence-corrected chi connectivity index (χ4v) is 2.51. The summed E-state index contributed by atoms with van der Waals surface area (Å²) in [5.74, 6) is 0.666. The Morgan fingerprint density at radius 1 is 1.43 bits per heavy atom. The van der Waals surface area contributed by atoms with Crippen molar-refractivity contribution in [3.63, 3.8) is 0 Å². The van der Waals surface area contributed by atoms with Crippen LogP contribution in [-0.4, -0.2) is 43.8 Å². The smallest absolute Gasteiger partial charge is 0.0509 e. The summed E-state index contributed by atoms with van der Waals surface area (Å²) < 4.78 is 5.53. The second-order valence-electron chi connectivity index (χ2n) is 4.68. The lowest BCUT2D eigenvalue weighted by atomic mass is 9.92. The van der Waals surface area contributed by atoms with E-state index in [2.05, 4.69) is 11.9 Å². The summed E-state index contributed by atoms with van der Waals surface area (Å²) in [6.07, 6.45) is 5.22. The highest BCUT2D eigenvalue weighted by atomic mass is 16.5. The second kappa shape index (κ2) is 4.60. The maximum absolute atomic E-state index is 5.87. The number of hydrogen-bond donors (Lipinski definition) is 1. The van der Waals surface area contributed by atoms with Crippen molar-refractivity contribution in [2.24, 2.45) is 11.7 Å². The first-order valence-corrected chi connectivity index (χ1v) is 5.82. The van der Waals surface area contributed by atoms with Crippen molar-refractivity contribution in [3.05, 3.63) is 0 Å². The third kappa shape index (κ3) is 2.27. The molecule has 2 aliphatic rings. The lowest BCUT2D eigenvalue weighted by molar-refractivity contribution is 0.0155. The highest BCUT2D eigenvalue weighted by Crippen LogP contribution is 2.30. The third-order valence-electron chi connectivity index (χ3n) is 3.63. The molecule has 0 aromatic heterocycles. The molecule has 2 rings (SSSR count). The fraction of sp³-hybridized carbons (Fsp3) is 1.00. The zero-order valence-corrected chi connectivity index (χ0v) is 9.11. The van der Waals surface area contributed by atoms with E-state index in [4.69, 9.17) is 10.5 Å². The van der Waals surface area contributed by atoms with Gasteiger partial charge in [-0.3, -0.25) is 4.90 Å². The summed E-state index contributed by atoms with van der Waals surface area (Å²) in [5, 5.41) is 0. The van der Waals surface area contributed by atoms with Crippen LogP contribution >= 0.6 is 0 Å². The Balaban J connectivity index is 1.89. The summed E-state index contributed by atoms with van der Waals surface area (Å²) in [5.41, 5.74) is 5.87. The number of hydrogen-bond acceptors (Lipinski definition) is 3. The Kier molecular flexibility index (Phi) is 3.42. The van der Waals surface area contributed by atoms with E-state index in [1.165, 1.54) is 25.7 Å². The van der Waals surface area contributed by atoms with Gasteiger partial charge in [-0.05, 0) is 38.6 Å². The zero-order valence-electron chi connectivity index (χ0n) is 9.11. The van der Waals surface area contributed by atoms with Gasteiger partial charge in [0.05, 0.1) is 6.61 Å². The Bertz CT molecular complexity index is 176. The van der Waals surface area contributed by atoms with Crippen LogP contribution in [0.25, 0.3) is 0 Å². The van der Waals surface area contributed by atoms with Crippen LogP contribution in [0.5, 0.6) is 0 Å². The SMILES string of the molecule is CN(C1CC1)C(CN)C1CCCOC1. The van der Waals surface area contributed by atoms with Gasteiger partial charge in [0, 0.05) is 25.2 Å². The number of ether oxygens (including phenoxy) is 1. The van der Waals surface area contributed by atoms with Gasteiger partial charge in [0.1, 0.15) is 0 Å². The molecular formula is C11H22N2O. The Labute approximate surface area is 86.6 Å². The van der Waals surface area contributed by atoms with E-state index >= 15 is 0 Å². The van der Waals surface area contributed by atoms with Gasteiger partial charge < -0.3 is 10.5 Å². The van der Waals surface area contributed by atoms with E-state index in [0.29, 0.717) is 12.0 Å². The molecule has 2 N–H and O–H groups in total. The van der Waals surface area contributed by atoms with Crippen molar-refractivity contribution in [1.29, 1.82) is 0 Å². The molecule has 0 bridgehead atoms. The minimum absolute atomic E-state index is 0.544. The average molecular weight is 198 g/mol. The molecular weight excluding hydrogens is 176 g/mol. The summed E-state index contributed by atoms with van der Waals surface area (Å²) in [6, 6.07) is 1.35. The molecule has 1 heterocycles. The number of likely N-dealkylation sites (N-methyl/N-ethyl adjacent to an activating group) is 1. The van der Waals surface area contributed by atoms with Crippen LogP contribution in [0.2, 0.25) is 0 Å². The van der Waals surface area contributed by atoms with Crippen molar-refractivity contribution in [3.8, 4) is 0 Å². The van der Waals surface area contributed by atoms with Crippen LogP contribution in [0.3, 0.4) is 0 Å². The number of nitrogens with zero attached hydrogens (tertiary/aromatic N) is 1. The zero-order chi connectivity index (χ0) is 9.97. The van der Waals surface area contributed by atoms with Gasteiger partial charge in [-0.1, -0.05) is 0 Å². The first-order valence-electron chi connectivity index (χ1n) is 5.82. The second-order valence-corrected chi connectivity index (χ2v) is 4.68. The van der Waals surface area contributed by atoms with Gasteiger partial charge in [-0.2, -0.15) is 0 Å². The molecule has 2 fully saturated rings. The molecule has 0 spiro atoms. The van der Waals surface area contributed by atoms with Gasteiger partial charge in [-0.15, -0.1) is 0 Å². The normalized spacial score (nSPS) is 30.6. The molecule has 2 atom stereocenters. The lowest BCUT2D eigenvalue weighted by Crippen LogP contribution is -2.47. The molecule has 3 heteroatoms. The minimum atomic E-state index is 0.544. The molecule has 0 aromatic rings. The average Bonchev–Trinajstić information content (AvgIpc) is 3.03. The molecule has 14 heavy (non-hydrogen) atoms. The van der Waals surface area contributed by atoms with Crippen LogP contribution in [0, 0.1) is 5.92 Å². The van der Waals surface area contributed by atoms with Gasteiger partial charge in [0.2, 0.25) is 0 Å². The van der Waals surface area contributed by atoms with Crippen molar-refractivity contribution < 1.29 is 4.74 Å². The maximum atomic E-state index is 5.87. The van der Waals surface area contributed by atoms with Crippen molar-refractivity contribution in [2.75, 3.05) is 26.8 Å². The summed E-state index contributed by atoms with van der Waals surface area (Å²) in [7, 11) is 2.23. The molecule has 1 saturated heterocycles. The van der Waals surface area contributed by atoms with Crippen LogP contribution < -0.4 is 5.73 Å². The molecule has 0 radical (unpaired) electrons. The van der Waals surface area contributed by atoms with E-state index < -0.39 is 0 Å². The van der Waals surface area contributed by atoms with Crippen molar-refractivity contribution in [2.45, 2.75) is 37.8 Å². The molecule has 1 aliphatic heterocycles. The molecule has 2 unspecified atom stereocenters. The monoisotopic (exact) mass is 198 g/mol. The fourth-order valence-electron chi connectivity index (χ4n) is 2.51. The lowest BCUT2D eigenvalue weighted by Gasteiger charge is -2.36. The highest BCUT2D eigenvalue weighted by Gasteiger charge is 2.34. The van der Waals surface area contributed by atoms with Crippen LogP contribution in [-0.2, 0) is 4.74 Å². The maximum Gasteiger partial charge on any atom is 0.0509 e. The summed E-state index contributed by atoms with van der Waals surface area (Å²) in [6.45, 7) is 2.64. The topological polar surface area (TPSA) is 38.5 Å². The molecule has 3 nitrogen and oxygen atoms in total. The standard InChI is InChI=1S/C11H22N2O/c1-13(10-4-5-10)11(7-12)9-3-2-6-14-8-9/h9-11H,2-8,12H2,1H3. The van der Waals surface area contributed by atoms with Crippen LogP contribution in [0.15, 0.2) is 0 Å². The summed E-state index contributed by atoms with van der Waals surface area (Å²) in [4.78, 5) is 2.49. The van der Waals surface area contributed by atoms with Crippen LogP contribution in [0.1, 0.15) is 25.7 Å². The Hall–Kier alpha value is -0.120. The van der Waals surface area contributed by atoms with E-state index in [0.717, 1.165) is 25.8 Å². The first kappa shape index (κ1) is 10.4. The minimum Gasteiger partial charge on any atom is -0.381 e. The number of rotatable bonds is 4.